The van der Waals surface area contributed by atoms with Gasteiger partial charge in [-0.3, -0.25) is 4.98 Å². The number of nitrogens with one attached hydrogen (secondary N) is 1. The molecule has 2 fully saturated rings. The van der Waals surface area contributed by atoms with Gasteiger partial charge in [-0.25, -0.2) is 8.42 Å². The molecule has 1 aromatic heterocycles. The Morgan fingerprint density at radius 1 is 1.32 bits per heavy atom. The number of fused-ring (bicyclic) bond motifs is 1. The molecule has 2 aliphatic heterocycles. The smallest absolute Gasteiger partial charge is 0.244 e. The lowest BCUT2D eigenvalue weighted by Gasteiger charge is -2.33. The molecule has 0 aromatic carbocycles. The molecule has 1 N–H and O–H groups in total. The van der Waals surface area contributed by atoms with Crippen LogP contribution in [0.4, 0.5) is 0 Å². The van der Waals surface area contributed by atoms with E-state index in [-0.39, 0.29) is 4.90 Å². The molecule has 0 amide bonds. The van der Waals surface area contributed by atoms with Gasteiger partial charge in [0.2, 0.25) is 10.0 Å². The molecule has 0 aliphatic carbocycles. The maximum Gasteiger partial charge on any atom is 0.244 e. The number of rotatable bonds is 2. The maximum absolute atomic E-state index is 12.6. The first-order valence-corrected chi connectivity index (χ1v) is 8.62. The van der Waals surface area contributed by atoms with Crippen molar-refractivity contribution in [3.05, 3.63) is 22.9 Å². The molecule has 2 atom stereocenters. The van der Waals surface area contributed by atoms with Gasteiger partial charge in [0.25, 0.3) is 0 Å². The van der Waals surface area contributed by atoms with Crippen LogP contribution in [0.3, 0.4) is 0 Å². The fraction of sp³-hybridized carbons (Fsp3) is 0.583. The van der Waals surface area contributed by atoms with Crippen molar-refractivity contribution in [1.82, 2.24) is 14.6 Å². The second-order valence-corrected chi connectivity index (χ2v) is 8.02. The van der Waals surface area contributed by atoms with E-state index in [0.717, 1.165) is 19.5 Å². The van der Waals surface area contributed by atoms with Crippen LogP contribution < -0.4 is 5.32 Å². The van der Waals surface area contributed by atoms with Crippen molar-refractivity contribution in [3.63, 3.8) is 0 Å². The summed E-state index contributed by atoms with van der Waals surface area (Å²) < 4.78 is 27.4. The summed E-state index contributed by atoms with van der Waals surface area (Å²) >= 11 is 3.27. The van der Waals surface area contributed by atoms with Crippen molar-refractivity contribution in [1.29, 1.82) is 0 Å². The Balaban J connectivity index is 1.85. The Labute approximate surface area is 121 Å². The third-order valence-electron chi connectivity index (χ3n) is 3.98. The number of sulfonamides is 1. The van der Waals surface area contributed by atoms with Crippen molar-refractivity contribution >= 4 is 26.0 Å². The van der Waals surface area contributed by atoms with Crippen LogP contribution in [0.5, 0.6) is 0 Å². The third kappa shape index (κ3) is 2.56. The van der Waals surface area contributed by atoms with Crippen molar-refractivity contribution in [2.24, 2.45) is 11.8 Å². The largest absolute Gasteiger partial charge is 0.316 e. The van der Waals surface area contributed by atoms with Gasteiger partial charge >= 0.3 is 0 Å². The first-order chi connectivity index (χ1) is 9.07. The molecule has 7 heteroatoms. The minimum atomic E-state index is -3.41. The quantitative estimate of drug-likeness (QED) is 0.870. The van der Waals surface area contributed by atoms with Gasteiger partial charge in [-0.05, 0) is 53.3 Å². The van der Waals surface area contributed by atoms with Crippen LogP contribution in [0.1, 0.15) is 6.42 Å². The van der Waals surface area contributed by atoms with E-state index in [0.29, 0.717) is 29.4 Å². The predicted molar refractivity (Wildman–Crippen MR) is 75.2 cm³/mol. The first-order valence-electron chi connectivity index (χ1n) is 6.39. The van der Waals surface area contributed by atoms with Crippen LogP contribution in [0, 0.1) is 11.8 Å². The van der Waals surface area contributed by atoms with Gasteiger partial charge in [0.1, 0.15) is 4.90 Å². The van der Waals surface area contributed by atoms with E-state index in [4.69, 9.17) is 0 Å². The number of hydrogen-bond acceptors (Lipinski definition) is 4. The van der Waals surface area contributed by atoms with Crippen LogP contribution in [-0.2, 0) is 10.0 Å². The monoisotopic (exact) mass is 345 g/mol. The fourth-order valence-corrected chi connectivity index (χ4v) is 4.92. The fourth-order valence-electron chi connectivity index (χ4n) is 2.90. The van der Waals surface area contributed by atoms with Crippen LogP contribution in [0.15, 0.2) is 27.8 Å². The highest BCUT2D eigenvalue weighted by Gasteiger charge is 2.37. The van der Waals surface area contributed by atoms with E-state index in [9.17, 15) is 8.42 Å². The zero-order chi connectivity index (χ0) is 13.5. The van der Waals surface area contributed by atoms with Gasteiger partial charge < -0.3 is 5.32 Å². The van der Waals surface area contributed by atoms with E-state index in [2.05, 4.69) is 26.2 Å². The second kappa shape index (κ2) is 5.12. The third-order valence-corrected chi connectivity index (χ3v) is 6.25. The molecular weight excluding hydrogens is 330 g/mol. The molecule has 0 bridgehead atoms. The summed E-state index contributed by atoms with van der Waals surface area (Å²) in [5, 5.41) is 3.34. The molecule has 3 rings (SSSR count). The van der Waals surface area contributed by atoms with E-state index < -0.39 is 10.0 Å². The lowest BCUT2D eigenvalue weighted by atomic mass is 9.90. The molecule has 0 saturated carbocycles. The molecule has 0 radical (unpaired) electrons. The number of piperidine rings is 1. The zero-order valence-electron chi connectivity index (χ0n) is 10.4. The van der Waals surface area contributed by atoms with Crippen molar-refractivity contribution in [2.45, 2.75) is 11.3 Å². The molecule has 104 valence electrons. The number of hydrogen-bond donors (Lipinski definition) is 1. The average Bonchev–Trinajstić information content (AvgIpc) is 2.85. The van der Waals surface area contributed by atoms with Gasteiger partial charge in [0.05, 0.1) is 0 Å². The summed E-state index contributed by atoms with van der Waals surface area (Å²) in [6.07, 6.45) is 3.95. The normalized spacial score (nSPS) is 28.3. The molecule has 0 spiro atoms. The Kier molecular flexibility index (Phi) is 3.63. The van der Waals surface area contributed by atoms with Crippen molar-refractivity contribution in [2.75, 3.05) is 26.2 Å². The Morgan fingerprint density at radius 2 is 2.11 bits per heavy atom. The summed E-state index contributed by atoms with van der Waals surface area (Å²) in [7, 11) is -3.41. The first kappa shape index (κ1) is 13.5. The van der Waals surface area contributed by atoms with Crippen LogP contribution >= 0.6 is 15.9 Å². The second-order valence-electron chi connectivity index (χ2n) is 5.17. The molecular formula is C12H16BrN3O2S. The lowest BCUT2D eigenvalue weighted by molar-refractivity contribution is 0.228. The van der Waals surface area contributed by atoms with E-state index in [1.807, 2.05) is 0 Å². The highest BCUT2D eigenvalue weighted by Crippen LogP contribution is 2.30. The van der Waals surface area contributed by atoms with Crippen molar-refractivity contribution < 1.29 is 8.42 Å². The molecule has 2 saturated heterocycles. The Hall–Kier alpha value is -0.500. The lowest BCUT2D eigenvalue weighted by Crippen LogP contribution is -2.43. The molecule has 5 nitrogen and oxygen atoms in total. The molecule has 3 heterocycles. The Morgan fingerprint density at radius 3 is 2.89 bits per heavy atom. The number of nitrogens with zero attached hydrogens (tertiary/aromatic N) is 2. The van der Waals surface area contributed by atoms with E-state index in [1.165, 1.54) is 6.20 Å². The SMILES string of the molecule is O=S(=O)(c1cncc(Br)c1)N1CCC2CNCC2C1. The summed E-state index contributed by atoms with van der Waals surface area (Å²) in [4.78, 5) is 4.22. The molecule has 1 aromatic rings. The summed E-state index contributed by atoms with van der Waals surface area (Å²) in [6, 6.07) is 1.61. The van der Waals surface area contributed by atoms with Crippen molar-refractivity contribution in [3.8, 4) is 0 Å². The number of aromatic nitrogens is 1. The highest BCUT2D eigenvalue weighted by molar-refractivity contribution is 9.10. The summed E-state index contributed by atoms with van der Waals surface area (Å²) in [5.41, 5.74) is 0. The summed E-state index contributed by atoms with van der Waals surface area (Å²) in [6.45, 7) is 3.18. The maximum atomic E-state index is 12.6. The topological polar surface area (TPSA) is 62.3 Å². The number of pyridine rings is 1. The molecule has 2 unspecified atom stereocenters. The van der Waals surface area contributed by atoms with Gasteiger partial charge in [0.15, 0.2) is 0 Å². The number of halogens is 1. The van der Waals surface area contributed by atoms with Gasteiger partial charge in [-0.1, -0.05) is 0 Å². The molecule has 19 heavy (non-hydrogen) atoms. The zero-order valence-corrected chi connectivity index (χ0v) is 12.8. The van der Waals surface area contributed by atoms with E-state index >= 15 is 0 Å². The van der Waals surface area contributed by atoms with Crippen LogP contribution in [-0.4, -0.2) is 43.9 Å². The minimum Gasteiger partial charge on any atom is -0.316 e. The Bertz CT molecular complexity index is 578. The van der Waals surface area contributed by atoms with Gasteiger partial charge in [0, 0.05) is 30.0 Å². The average molecular weight is 346 g/mol. The standard InChI is InChI=1S/C12H16BrN3O2S/c13-11-3-12(7-15-6-11)19(17,18)16-2-1-9-4-14-5-10(9)8-16/h3,6-7,9-10,14H,1-2,4-5,8H2. The highest BCUT2D eigenvalue weighted by atomic mass is 79.9. The van der Waals surface area contributed by atoms with Crippen LogP contribution in [0.25, 0.3) is 0 Å². The predicted octanol–water partition coefficient (Wildman–Crippen LogP) is 1.07. The van der Waals surface area contributed by atoms with E-state index in [1.54, 1.807) is 16.6 Å². The minimum absolute atomic E-state index is 0.270. The van der Waals surface area contributed by atoms with Crippen LogP contribution in [0.2, 0.25) is 0 Å². The summed E-state index contributed by atoms with van der Waals surface area (Å²) in [5.74, 6) is 1.08. The van der Waals surface area contributed by atoms with Gasteiger partial charge in [-0.15, -0.1) is 0 Å². The molecule has 2 aliphatic rings. The van der Waals surface area contributed by atoms with Gasteiger partial charge in [-0.2, -0.15) is 4.31 Å².